The molecule has 0 bridgehead atoms. The van der Waals surface area contributed by atoms with E-state index in [4.69, 9.17) is 0 Å². The van der Waals surface area contributed by atoms with Crippen LogP contribution < -0.4 is 5.32 Å². The van der Waals surface area contributed by atoms with Gasteiger partial charge in [0.1, 0.15) is 0 Å². The van der Waals surface area contributed by atoms with Gasteiger partial charge in [0, 0.05) is 31.2 Å². The van der Waals surface area contributed by atoms with Gasteiger partial charge in [-0.3, -0.25) is 4.90 Å². The fourth-order valence-corrected chi connectivity index (χ4v) is 3.93. The molecule has 0 aromatic carbocycles. The van der Waals surface area contributed by atoms with Crippen molar-refractivity contribution in [3.63, 3.8) is 0 Å². The molecule has 2 fully saturated rings. The van der Waals surface area contributed by atoms with Crippen molar-refractivity contribution in [1.29, 1.82) is 0 Å². The van der Waals surface area contributed by atoms with Crippen LogP contribution in [0.4, 0.5) is 0 Å². The van der Waals surface area contributed by atoms with Gasteiger partial charge in [-0.25, -0.2) is 0 Å². The molecule has 2 aliphatic rings. The normalized spacial score (nSPS) is 25.9. The molecule has 1 spiro atoms. The molecular weight excluding hydrogens is 232 g/mol. The maximum atomic E-state index is 3.85. The first-order chi connectivity index (χ1) is 9.11. The highest BCUT2D eigenvalue weighted by Crippen LogP contribution is 2.31. The van der Waals surface area contributed by atoms with Crippen LogP contribution >= 0.6 is 0 Å². The van der Waals surface area contributed by atoms with Gasteiger partial charge in [-0.1, -0.05) is 46.0 Å². The Morgan fingerprint density at radius 2 is 1.79 bits per heavy atom. The fraction of sp³-hybridized carbons (Fsp3) is 1.00. The Morgan fingerprint density at radius 3 is 2.47 bits per heavy atom. The van der Waals surface area contributed by atoms with Crippen LogP contribution in [-0.4, -0.2) is 36.1 Å². The van der Waals surface area contributed by atoms with Crippen molar-refractivity contribution in [3.8, 4) is 0 Å². The lowest BCUT2D eigenvalue weighted by molar-refractivity contribution is 0.0693. The van der Waals surface area contributed by atoms with Gasteiger partial charge >= 0.3 is 0 Å². The second-order valence-corrected chi connectivity index (χ2v) is 7.41. The lowest BCUT2D eigenvalue weighted by Gasteiger charge is -2.48. The van der Waals surface area contributed by atoms with E-state index in [1.807, 2.05) is 0 Å². The zero-order chi connectivity index (χ0) is 13.7. The average molecular weight is 266 g/mol. The first kappa shape index (κ1) is 15.3. The highest BCUT2D eigenvalue weighted by atomic mass is 15.2. The molecule has 2 heteroatoms. The van der Waals surface area contributed by atoms with Gasteiger partial charge in [0.25, 0.3) is 0 Å². The molecule has 1 unspecified atom stereocenters. The molecule has 2 rings (SSSR count). The second-order valence-electron chi connectivity index (χ2n) is 7.41. The van der Waals surface area contributed by atoms with Crippen LogP contribution in [0.1, 0.15) is 72.1 Å². The Labute approximate surface area is 120 Å². The first-order valence-corrected chi connectivity index (χ1v) is 8.60. The SMILES string of the molecule is CC(C)CCCC(C)N1CCNC2(CCCCC2)C1. The van der Waals surface area contributed by atoms with E-state index in [1.54, 1.807) is 0 Å². The highest BCUT2D eigenvalue weighted by Gasteiger charge is 2.37. The number of nitrogens with one attached hydrogen (secondary N) is 1. The van der Waals surface area contributed by atoms with Crippen LogP contribution in [0.25, 0.3) is 0 Å². The molecule has 0 aromatic heterocycles. The van der Waals surface area contributed by atoms with E-state index >= 15 is 0 Å². The summed E-state index contributed by atoms with van der Waals surface area (Å²) in [5.41, 5.74) is 0.475. The van der Waals surface area contributed by atoms with Crippen molar-refractivity contribution < 1.29 is 0 Å². The summed E-state index contributed by atoms with van der Waals surface area (Å²) in [5.74, 6) is 0.861. The Hall–Kier alpha value is -0.0800. The summed E-state index contributed by atoms with van der Waals surface area (Å²) < 4.78 is 0. The van der Waals surface area contributed by atoms with E-state index in [-0.39, 0.29) is 0 Å². The maximum Gasteiger partial charge on any atom is 0.0309 e. The number of nitrogens with zero attached hydrogens (tertiary/aromatic N) is 1. The van der Waals surface area contributed by atoms with Crippen molar-refractivity contribution in [3.05, 3.63) is 0 Å². The van der Waals surface area contributed by atoms with Crippen LogP contribution in [0, 0.1) is 5.92 Å². The summed E-state index contributed by atoms with van der Waals surface area (Å²) in [7, 11) is 0. The van der Waals surface area contributed by atoms with E-state index in [9.17, 15) is 0 Å². The minimum Gasteiger partial charge on any atom is -0.309 e. The molecule has 2 nitrogen and oxygen atoms in total. The molecule has 1 aliphatic heterocycles. The van der Waals surface area contributed by atoms with Crippen LogP contribution in [0.3, 0.4) is 0 Å². The lowest BCUT2D eigenvalue weighted by atomic mass is 9.80. The molecule has 19 heavy (non-hydrogen) atoms. The predicted molar refractivity (Wildman–Crippen MR) is 83.5 cm³/mol. The third-order valence-corrected chi connectivity index (χ3v) is 5.24. The molecule has 0 radical (unpaired) electrons. The van der Waals surface area contributed by atoms with Gasteiger partial charge in [-0.2, -0.15) is 0 Å². The van der Waals surface area contributed by atoms with Gasteiger partial charge in [-0.05, 0) is 32.1 Å². The third kappa shape index (κ3) is 4.46. The molecular formula is C17H34N2. The first-order valence-electron chi connectivity index (χ1n) is 8.60. The number of piperazine rings is 1. The molecule has 1 N–H and O–H groups in total. The molecule has 1 atom stereocenters. The topological polar surface area (TPSA) is 15.3 Å². The quantitative estimate of drug-likeness (QED) is 0.814. The lowest BCUT2D eigenvalue weighted by Crippen LogP contribution is -2.62. The zero-order valence-corrected chi connectivity index (χ0v) is 13.4. The van der Waals surface area contributed by atoms with Gasteiger partial charge in [0.15, 0.2) is 0 Å². The molecule has 1 heterocycles. The molecule has 1 saturated carbocycles. The average Bonchev–Trinajstić information content (AvgIpc) is 2.39. The van der Waals surface area contributed by atoms with Crippen LogP contribution in [0.5, 0.6) is 0 Å². The van der Waals surface area contributed by atoms with Crippen molar-refractivity contribution in [1.82, 2.24) is 10.2 Å². The number of rotatable bonds is 5. The van der Waals surface area contributed by atoms with Crippen molar-refractivity contribution >= 4 is 0 Å². The van der Waals surface area contributed by atoms with Gasteiger partial charge in [0.2, 0.25) is 0 Å². The van der Waals surface area contributed by atoms with Crippen molar-refractivity contribution in [2.24, 2.45) is 5.92 Å². The minimum absolute atomic E-state index is 0.475. The maximum absolute atomic E-state index is 3.85. The summed E-state index contributed by atoms with van der Waals surface area (Å²) >= 11 is 0. The van der Waals surface area contributed by atoms with Crippen LogP contribution in [0.15, 0.2) is 0 Å². The van der Waals surface area contributed by atoms with Crippen molar-refractivity contribution in [2.45, 2.75) is 83.7 Å². The number of hydrogen-bond donors (Lipinski definition) is 1. The fourth-order valence-electron chi connectivity index (χ4n) is 3.93. The van der Waals surface area contributed by atoms with Gasteiger partial charge in [-0.15, -0.1) is 0 Å². The predicted octanol–water partition coefficient (Wildman–Crippen LogP) is 3.81. The highest BCUT2D eigenvalue weighted by molar-refractivity contribution is 4.97. The number of hydrogen-bond acceptors (Lipinski definition) is 2. The summed E-state index contributed by atoms with van der Waals surface area (Å²) in [5, 5.41) is 3.85. The zero-order valence-electron chi connectivity index (χ0n) is 13.4. The summed E-state index contributed by atoms with van der Waals surface area (Å²) in [6, 6.07) is 0.777. The van der Waals surface area contributed by atoms with E-state index in [1.165, 1.54) is 71.0 Å². The van der Waals surface area contributed by atoms with Crippen LogP contribution in [0.2, 0.25) is 0 Å². The van der Waals surface area contributed by atoms with Crippen LogP contribution in [-0.2, 0) is 0 Å². The Kier molecular flexibility index (Phi) is 5.70. The standard InChI is InChI=1S/C17H34N2/c1-15(2)8-7-9-16(3)19-13-12-18-17(14-19)10-5-4-6-11-17/h15-16,18H,4-14H2,1-3H3. The second kappa shape index (κ2) is 7.08. The van der Waals surface area contributed by atoms with Crippen molar-refractivity contribution in [2.75, 3.05) is 19.6 Å². The van der Waals surface area contributed by atoms with E-state index in [0.717, 1.165) is 12.0 Å². The molecule has 0 amide bonds. The summed E-state index contributed by atoms with van der Waals surface area (Å²) in [4.78, 5) is 2.77. The van der Waals surface area contributed by atoms with Gasteiger partial charge in [0.05, 0.1) is 0 Å². The Balaban J connectivity index is 1.79. The molecule has 112 valence electrons. The van der Waals surface area contributed by atoms with Gasteiger partial charge < -0.3 is 5.32 Å². The Morgan fingerprint density at radius 1 is 1.05 bits per heavy atom. The van der Waals surface area contributed by atoms with E-state index in [0.29, 0.717) is 5.54 Å². The molecule has 1 saturated heterocycles. The third-order valence-electron chi connectivity index (χ3n) is 5.24. The smallest absolute Gasteiger partial charge is 0.0309 e. The minimum atomic E-state index is 0.475. The molecule has 0 aromatic rings. The summed E-state index contributed by atoms with van der Waals surface area (Å²) in [6.07, 6.45) is 11.3. The monoisotopic (exact) mass is 266 g/mol. The summed E-state index contributed by atoms with van der Waals surface area (Å²) in [6.45, 7) is 10.9. The van der Waals surface area contributed by atoms with E-state index in [2.05, 4.69) is 31.0 Å². The molecule has 1 aliphatic carbocycles. The largest absolute Gasteiger partial charge is 0.309 e. The Bertz CT molecular complexity index is 250. The van der Waals surface area contributed by atoms with E-state index < -0.39 is 0 Å².